The smallest absolute Gasteiger partial charge is 1.00 e. The van der Waals surface area contributed by atoms with E-state index in [1.807, 2.05) is 0 Å². The molecule has 2 atom stereocenters. The van der Waals surface area contributed by atoms with E-state index in [0.29, 0.717) is 0 Å². The maximum absolute atomic E-state index is 2.49. The van der Waals surface area contributed by atoms with Gasteiger partial charge >= 0.3 is 21.7 Å². The third-order valence-electron chi connectivity index (χ3n) is 6.68. The van der Waals surface area contributed by atoms with Gasteiger partial charge in [-0.3, -0.25) is 0 Å². The van der Waals surface area contributed by atoms with E-state index in [4.69, 9.17) is 0 Å². The zero-order valence-electron chi connectivity index (χ0n) is 18.5. The van der Waals surface area contributed by atoms with E-state index in [-0.39, 0.29) is 64.0 Å². The van der Waals surface area contributed by atoms with Crippen molar-refractivity contribution in [2.75, 3.05) is 0 Å². The zero-order valence-corrected chi connectivity index (χ0v) is 23.4. The molecular formula is C24H31Cl3SiTi. The molecule has 0 saturated heterocycles. The Labute approximate surface area is 212 Å². The number of benzene rings is 1. The van der Waals surface area contributed by atoms with Gasteiger partial charge in [-0.1, -0.05) is 82.3 Å². The van der Waals surface area contributed by atoms with Crippen LogP contribution in [0.2, 0.25) is 5.04 Å². The molecule has 2 aromatic carbocycles. The summed E-state index contributed by atoms with van der Waals surface area (Å²) in [5.41, 5.74) is 8.99. The predicted molar refractivity (Wildman–Crippen MR) is 115 cm³/mol. The molecule has 0 saturated carbocycles. The van der Waals surface area contributed by atoms with Gasteiger partial charge in [-0.05, 0) is 36.4 Å². The largest absolute Gasteiger partial charge is 4.00 e. The average Bonchev–Trinajstić information content (AvgIpc) is 2.77. The third-order valence-corrected chi connectivity index (χ3v) is 11.1. The van der Waals surface area contributed by atoms with Crippen LogP contribution < -0.4 is 47.6 Å². The van der Waals surface area contributed by atoms with E-state index in [1.54, 1.807) is 10.4 Å². The van der Waals surface area contributed by atoms with Gasteiger partial charge in [0.25, 0.3) is 0 Å². The maximum atomic E-state index is 2.49. The standard InChI is InChI=1S/C24H31Si.3ClH.Ti/c1-16-12-11-13-22(17(16)2)25(24(7)14-9-8-10-15-24)23-20(5)18(3)19(4)21(23)6;;;;/h8-14,25H,15H2,1-7H3;3*1H;/q-1;;;;+4/p-3. The van der Waals surface area contributed by atoms with Crippen LogP contribution in [-0.2, 0) is 21.7 Å². The molecule has 156 valence electrons. The summed E-state index contributed by atoms with van der Waals surface area (Å²) in [5, 5.41) is 3.56. The van der Waals surface area contributed by atoms with E-state index in [0.717, 1.165) is 6.42 Å². The fourth-order valence-electron chi connectivity index (χ4n) is 4.57. The number of halogens is 3. The van der Waals surface area contributed by atoms with Gasteiger partial charge in [0, 0.05) is 0 Å². The predicted octanol–water partition coefficient (Wildman–Crippen LogP) is -4.12. The zero-order chi connectivity index (χ0) is 18.4. The van der Waals surface area contributed by atoms with E-state index < -0.39 is 8.80 Å². The molecule has 0 amide bonds. The van der Waals surface area contributed by atoms with Crippen molar-refractivity contribution in [2.45, 2.75) is 59.9 Å². The summed E-state index contributed by atoms with van der Waals surface area (Å²) in [6, 6.07) is 6.92. The fraction of sp³-hybridized carbons (Fsp3) is 0.375. The Balaban J connectivity index is 0. The van der Waals surface area contributed by atoms with Gasteiger partial charge in [0.15, 0.2) is 0 Å². The molecule has 0 bridgehead atoms. The Hall–Kier alpha value is -0.149. The van der Waals surface area contributed by atoms with Crippen molar-refractivity contribution in [1.82, 2.24) is 0 Å². The molecule has 5 heteroatoms. The van der Waals surface area contributed by atoms with Gasteiger partial charge in [0.1, 0.15) is 0 Å². The molecule has 0 aliphatic heterocycles. The molecular weight excluding hydrogens is 471 g/mol. The maximum Gasteiger partial charge on any atom is 4.00 e. The topological polar surface area (TPSA) is 0 Å². The molecule has 2 unspecified atom stereocenters. The van der Waals surface area contributed by atoms with Crippen LogP contribution in [0.25, 0.3) is 0 Å². The monoisotopic (exact) mass is 500 g/mol. The number of hydrogen-bond acceptors (Lipinski definition) is 0. The number of hydrogen-bond donors (Lipinski definition) is 0. The first-order chi connectivity index (χ1) is 11.8. The minimum atomic E-state index is -1.44. The Bertz CT molecular complexity index is 857. The molecule has 3 rings (SSSR count). The molecule has 1 aliphatic rings. The summed E-state index contributed by atoms with van der Waals surface area (Å²) in [4.78, 5) is 0. The van der Waals surface area contributed by atoms with Crippen LogP contribution in [0.4, 0.5) is 0 Å². The summed E-state index contributed by atoms with van der Waals surface area (Å²) >= 11 is 0. The second-order valence-electron chi connectivity index (χ2n) is 8.13. The summed E-state index contributed by atoms with van der Waals surface area (Å²) in [5.74, 6) is 0. The molecule has 0 heterocycles. The van der Waals surface area contributed by atoms with Gasteiger partial charge in [-0.15, -0.1) is 0 Å². The van der Waals surface area contributed by atoms with Crippen LogP contribution in [0.3, 0.4) is 0 Å². The van der Waals surface area contributed by atoms with Gasteiger partial charge < -0.3 is 37.2 Å². The number of aryl methyl sites for hydroxylation is 1. The first-order valence-corrected chi connectivity index (χ1v) is 11.1. The molecule has 0 aromatic heterocycles. The van der Waals surface area contributed by atoms with E-state index in [9.17, 15) is 0 Å². The summed E-state index contributed by atoms with van der Waals surface area (Å²) in [6.45, 7) is 16.4. The second-order valence-corrected chi connectivity index (χ2v) is 11.5. The van der Waals surface area contributed by atoms with E-state index >= 15 is 0 Å². The van der Waals surface area contributed by atoms with Gasteiger partial charge in [-0.25, -0.2) is 0 Å². The summed E-state index contributed by atoms with van der Waals surface area (Å²) < 4.78 is 0. The molecule has 2 aromatic rings. The summed E-state index contributed by atoms with van der Waals surface area (Å²) in [6.07, 6.45) is 10.5. The fourth-order valence-corrected chi connectivity index (χ4v) is 9.19. The SMILES string of the molecule is Cc1cccc([SiH]([c-]2c(C)c(C)c(C)c2C)C2(C)C=CC=CC2)c1C.[Cl-].[Cl-].[Cl-].[Ti+4]. The van der Waals surface area contributed by atoms with Crippen LogP contribution in [0.1, 0.15) is 46.7 Å². The van der Waals surface area contributed by atoms with Crippen molar-refractivity contribution >= 4 is 19.2 Å². The minimum Gasteiger partial charge on any atom is -1.00 e. The Morgan fingerprint density at radius 2 is 1.38 bits per heavy atom. The quantitative estimate of drug-likeness (QED) is 0.296. The summed E-state index contributed by atoms with van der Waals surface area (Å²) in [7, 11) is -1.44. The second kappa shape index (κ2) is 12.0. The third kappa shape index (κ3) is 5.56. The average molecular weight is 502 g/mol. The van der Waals surface area contributed by atoms with Gasteiger partial charge in [-0.2, -0.15) is 27.4 Å². The molecule has 0 fully saturated rings. The molecule has 0 nitrogen and oxygen atoms in total. The van der Waals surface area contributed by atoms with Crippen LogP contribution in [0, 0.1) is 41.5 Å². The Morgan fingerprint density at radius 1 is 0.828 bits per heavy atom. The van der Waals surface area contributed by atoms with Crippen molar-refractivity contribution in [1.29, 1.82) is 0 Å². The van der Waals surface area contributed by atoms with Crippen molar-refractivity contribution in [2.24, 2.45) is 0 Å². The van der Waals surface area contributed by atoms with Crippen molar-refractivity contribution in [3.63, 3.8) is 0 Å². The molecule has 0 radical (unpaired) electrons. The van der Waals surface area contributed by atoms with Crippen molar-refractivity contribution in [3.8, 4) is 0 Å². The van der Waals surface area contributed by atoms with Crippen molar-refractivity contribution < 1.29 is 58.9 Å². The van der Waals surface area contributed by atoms with Crippen LogP contribution in [0.5, 0.6) is 0 Å². The van der Waals surface area contributed by atoms with Crippen LogP contribution in [-0.4, -0.2) is 8.80 Å². The van der Waals surface area contributed by atoms with Crippen molar-refractivity contribution in [3.05, 3.63) is 75.9 Å². The minimum absolute atomic E-state index is 0. The van der Waals surface area contributed by atoms with E-state index in [2.05, 4.69) is 91.0 Å². The first-order valence-electron chi connectivity index (χ1n) is 9.41. The normalized spacial score (nSPS) is 18.0. The van der Waals surface area contributed by atoms with Crippen LogP contribution >= 0.6 is 0 Å². The molecule has 29 heavy (non-hydrogen) atoms. The number of allylic oxidation sites excluding steroid dienone is 4. The Kier molecular flexibility index (Phi) is 12.9. The first kappa shape index (κ1) is 31.0. The van der Waals surface area contributed by atoms with Crippen LogP contribution in [0.15, 0.2) is 42.5 Å². The molecule has 0 N–H and O–H groups in total. The van der Waals surface area contributed by atoms with Gasteiger partial charge in [0.05, 0.1) is 8.80 Å². The molecule has 0 spiro atoms. The number of rotatable bonds is 3. The molecule has 1 aliphatic carbocycles. The van der Waals surface area contributed by atoms with E-state index in [1.165, 1.54) is 33.4 Å². The van der Waals surface area contributed by atoms with Gasteiger partial charge in [0.2, 0.25) is 0 Å². The Morgan fingerprint density at radius 3 is 1.86 bits per heavy atom.